The van der Waals surface area contributed by atoms with Crippen LogP contribution in [0.2, 0.25) is 0 Å². The molecule has 0 aromatic heterocycles. The van der Waals surface area contributed by atoms with Crippen LogP contribution < -0.4 is 0 Å². The van der Waals surface area contributed by atoms with Crippen LogP contribution in [-0.4, -0.2) is 41.9 Å². The quantitative estimate of drug-likeness (QED) is 0.812. The molecule has 3 nitrogen and oxygen atoms in total. The van der Waals surface area contributed by atoms with E-state index in [2.05, 4.69) is 17.0 Å². The number of likely N-dealkylation sites (N-methyl/N-ethyl adjacent to an activating group) is 1. The first-order chi connectivity index (χ1) is 9.27. The number of likely N-dealkylation sites (tertiary alicyclic amines) is 1. The number of benzene rings is 1. The molecule has 0 aliphatic carbocycles. The highest BCUT2D eigenvalue weighted by atomic mass is 16.2. The van der Waals surface area contributed by atoms with Gasteiger partial charge in [0.1, 0.15) is 6.04 Å². The molecule has 0 spiro atoms. The second-order valence-corrected chi connectivity index (χ2v) is 5.07. The van der Waals surface area contributed by atoms with Crippen LogP contribution in [0.5, 0.6) is 0 Å². The first-order valence-corrected chi connectivity index (χ1v) is 7.35. The molecular formula is C16H24N2O. The summed E-state index contributed by atoms with van der Waals surface area (Å²) in [6.07, 6.45) is 2.41. The SMILES string of the molecule is CCN(CC)C(=O)C(c1ccccc1)N1CCCC1. The number of hydrogen-bond donors (Lipinski definition) is 0. The molecule has 1 amide bonds. The van der Waals surface area contributed by atoms with Crippen molar-refractivity contribution < 1.29 is 4.79 Å². The van der Waals surface area contributed by atoms with Gasteiger partial charge in [0, 0.05) is 13.1 Å². The first kappa shape index (κ1) is 14.1. The maximum absolute atomic E-state index is 12.8. The molecule has 0 radical (unpaired) electrons. The zero-order valence-electron chi connectivity index (χ0n) is 12.0. The van der Waals surface area contributed by atoms with Crippen LogP contribution >= 0.6 is 0 Å². The van der Waals surface area contributed by atoms with Crippen molar-refractivity contribution in [2.24, 2.45) is 0 Å². The number of nitrogens with zero attached hydrogens (tertiary/aromatic N) is 2. The minimum atomic E-state index is -0.0939. The van der Waals surface area contributed by atoms with E-state index in [9.17, 15) is 4.79 Å². The van der Waals surface area contributed by atoms with E-state index in [0.29, 0.717) is 0 Å². The average molecular weight is 260 g/mol. The van der Waals surface area contributed by atoms with Gasteiger partial charge in [-0.1, -0.05) is 30.3 Å². The molecule has 0 saturated carbocycles. The summed E-state index contributed by atoms with van der Waals surface area (Å²) in [6, 6.07) is 10.1. The van der Waals surface area contributed by atoms with Gasteiger partial charge >= 0.3 is 0 Å². The van der Waals surface area contributed by atoms with Gasteiger partial charge in [0.05, 0.1) is 0 Å². The zero-order chi connectivity index (χ0) is 13.7. The van der Waals surface area contributed by atoms with Crippen molar-refractivity contribution in [3.8, 4) is 0 Å². The minimum Gasteiger partial charge on any atom is -0.342 e. The molecule has 0 bridgehead atoms. The van der Waals surface area contributed by atoms with E-state index in [1.165, 1.54) is 12.8 Å². The van der Waals surface area contributed by atoms with Crippen molar-refractivity contribution in [3.63, 3.8) is 0 Å². The first-order valence-electron chi connectivity index (χ1n) is 7.35. The lowest BCUT2D eigenvalue weighted by Gasteiger charge is -2.31. The Morgan fingerprint density at radius 1 is 1.16 bits per heavy atom. The lowest BCUT2D eigenvalue weighted by molar-refractivity contribution is -0.136. The van der Waals surface area contributed by atoms with Gasteiger partial charge in [-0.2, -0.15) is 0 Å². The second kappa shape index (κ2) is 6.71. The van der Waals surface area contributed by atoms with Gasteiger partial charge in [-0.25, -0.2) is 0 Å². The molecule has 1 heterocycles. The summed E-state index contributed by atoms with van der Waals surface area (Å²) in [5.41, 5.74) is 1.13. The molecule has 1 aromatic rings. The van der Waals surface area contributed by atoms with Gasteiger partial charge in [-0.3, -0.25) is 9.69 Å². The van der Waals surface area contributed by atoms with Crippen LogP contribution in [-0.2, 0) is 4.79 Å². The summed E-state index contributed by atoms with van der Waals surface area (Å²) >= 11 is 0. The molecule has 0 N–H and O–H groups in total. The third-order valence-electron chi connectivity index (χ3n) is 3.93. The lowest BCUT2D eigenvalue weighted by atomic mass is 10.0. The van der Waals surface area contributed by atoms with E-state index in [0.717, 1.165) is 31.7 Å². The van der Waals surface area contributed by atoms with Crippen LogP contribution in [0.25, 0.3) is 0 Å². The summed E-state index contributed by atoms with van der Waals surface area (Å²) in [4.78, 5) is 17.0. The van der Waals surface area contributed by atoms with E-state index in [1.807, 2.05) is 36.9 Å². The van der Waals surface area contributed by atoms with Crippen molar-refractivity contribution in [1.82, 2.24) is 9.80 Å². The Morgan fingerprint density at radius 2 is 1.74 bits per heavy atom. The molecule has 2 rings (SSSR count). The summed E-state index contributed by atoms with van der Waals surface area (Å²) in [5, 5.41) is 0. The topological polar surface area (TPSA) is 23.6 Å². The van der Waals surface area contributed by atoms with E-state index in [1.54, 1.807) is 0 Å². The molecule has 1 aliphatic rings. The van der Waals surface area contributed by atoms with Gasteiger partial charge in [0.15, 0.2) is 0 Å². The smallest absolute Gasteiger partial charge is 0.244 e. The van der Waals surface area contributed by atoms with Crippen molar-refractivity contribution in [2.75, 3.05) is 26.2 Å². The highest BCUT2D eigenvalue weighted by molar-refractivity contribution is 5.83. The largest absolute Gasteiger partial charge is 0.342 e. The highest BCUT2D eigenvalue weighted by Crippen LogP contribution is 2.26. The normalized spacial score (nSPS) is 17.4. The van der Waals surface area contributed by atoms with E-state index >= 15 is 0 Å². The van der Waals surface area contributed by atoms with Crippen LogP contribution in [0, 0.1) is 0 Å². The Labute approximate surface area is 116 Å². The zero-order valence-corrected chi connectivity index (χ0v) is 12.0. The summed E-state index contributed by atoms with van der Waals surface area (Å²) in [5.74, 6) is 0.248. The van der Waals surface area contributed by atoms with Crippen molar-refractivity contribution in [2.45, 2.75) is 32.7 Å². The Balaban J connectivity index is 2.26. The van der Waals surface area contributed by atoms with Gasteiger partial charge < -0.3 is 4.90 Å². The van der Waals surface area contributed by atoms with Gasteiger partial charge in [-0.15, -0.1) is 0 Å². The molecular weight excluding hydrogens is 236 g/mol. The van der Waals surface area contributed by atoms with Crippen molar-refractivity contribution >= 4 is 5.91 Å². The standard InChI is InChI=1S/C16H24N2O/c1-3-17(4-2)16(19)15(18-12-8-9-13-18)14-10-6-5-7-11-14/h5-7,10-11,15H,3-4,8-9,12-13H2,1-2H3. The van der Waals surface area contributed by atoms with Gasteiger partial charge in [0.2, 0.25) is 5.91 Å². The number of carbonyl (C=O) groups excluding carboxylic acids is 1. The van der Waals surface area contributed by atoms with Crippen LogP contribution in [0.1, 0.15) is 38.3 Å². The maximum atomic E-state index is 12.8. The molecule has 1 aromatic carbocycles. The van der Waals surface area contributed by atoms with E-state index in [-0.39, 0.29) is 11.9 Å². The fourth-order valence-corrected chi connectivity index (χ4v) is 2.85. The van der Waals surface area contributed by atoms with Gasteiger partial charge in [-0.05, 0) is 45.3 Å². The predicted molar refractivity (Wildman–Crippen MR) is 77.9 cm³/mol. The number of carbonyl (C=O) groups is 1. The highest BCUT2D eigenvalue weighted by Gasteiger charge is 2.31. The fraction of sp³-hybridized carbons (Fsp3) is 0.562. The molecule has 1 saturated heterocycles. The third-order valence-corrected chi connectivity index (χ3v) is 3.93. The maximum Gasteiger partial charge on any atom is 0.244 e. The minimum absolute atomic E-state index is 0.0939. The fourth-order valence-electron chi connectivity index (χ4n) is 2.85. The molecule has 104 valence electrons. The summed E-state index contributed by atoms with van der Waals surface area (Å²) < 4.78 is 0. The van der Waals surface area contributed by atoms with E-state index in [4.69, 9.17) is 0 Å². The third kappa shape index (κ3) is 3.16. The van der Waals surface area contributed by atoms with Crippen LogP contribution in [0.15, 0.2) is 30.3 Å². The lowest BCUT2D eigenvalue weighted by Crippen LogP contribution is -2.42. The Kier molecular flexibility index (Phi) is 4.97. The Bertz CT molecular complexity index is 394. The summed E-state index contributed by atoms with van der Waals surface area (Å²) in [7, 11) is 0. The van der Waals surface area contributed by atoms with Crippen LogP contribution in [0.3, 0.4) is 0 Å². The predicted octanol–water partition coefficient (Wildman–Crippen LogP) is 2.69. The molecule has 3 heteroatoms. The van der Waals surface area contributed by atoms with Crippen molar-refractivity contribution in [3.05, 3.63) is 35.9 Å². The number of rotatable bonds is 5. The number of hydrogen-bond acceptors (Lipinski definition) is 2. The monoisotopic (exact) mass is 260 g/mol. The van der Waals surface area contributed by atoms with Crippen LogP contribution in [0.4, 0.5) is 0 Å². The van der Waals surface area contributed by atoms with E-state index < -0.39 is 0 Å². The second-order valence-electron chi connectivity index (χ2n) is 5.07. The van der Waals surface area contributed by atoms with Crippen molar-refractivity contribution in [1.29, 1.82) is 0 Å². The molecule has 1 aliphatic heterocycles. The molecule has 1 unspecified atom stereocenters. The Morgan fingerprint density at radius 3 is 2.26 bits per heavy atom. The Hall–Kier alpha value is -1.35. The average Bonchev–Trinajstić information content (AvgIpc) is 2.95. The molecule has 1 fully saturated rings. The molecule has 1 atom stereocenters. The summed E-state index contributed by atoms with van der Waals surface area (Å²) in [6.45, 7) is 7.74. The molecule has 19 heavy (non-hydrogen) atoms. The van der Waals surface area contributed by atoms with Gasteiger partial charge in [0.25, 0.3) is 0 Å². The number of amides is 1.